The van der Waals surface area contributed by atoms with E-state index in [4.69, 9.17) is 0 Å². The average Bonchev–Trinajstić information content (AvgIpc) is 2.70. The molecule has 0 unspecified atom stereocenters. The molecule has 1 aromatic heterocycles. The van der Waals surface area contributed by atoms with Crippen LogP contribution >= 0.6 is 24.0 Å². The molecule has 0 spiro atoms. The number of pyridine rings is 1. The summed E-state index contributed by atoms with van der Waals surface area (Å²) in [4.78, 5) is 36.0. The fourth-order valence-electron chi connectivity index (χ4n) is 3.52. The van der Waals surface area contributed by atoms with Crippen molar-refractivity contribution >= 4 is 47.6 Å². The zero-order chi connectivity index (χ0) is 19.1. The Labute approximate surface area is 183 Å². The summed E-state index contributed by atoms with van der Waals surface area (Å²) >= 11 is 0. The SMILES string of the molecule is CN=C(NCCN1C(=O)CCCC1=O)NC1CCN(c2ccccn2)CC1.I. The van der Waals surface area contributed by atoms with Crippen molar-refractivity contribution in [3.8, 4) is 0 Å². The molecule has 0 atom stereocenters. The molecule has 2 fully saturated rings. The first-order chi connectivity index (χ1) is 13.2. The number of nitrogens with zero attached hydrogens (tertiary/aromatic N) is 4. The van der Waals surface area contributed by atoms with Gasteiger partial charge in [0.2, 0.25) is 11.8 Å². The predicted molar refractivity (Wildman–Crippen MR) is 120 cm³/mol. The smallest absolute Gasteiger partial charge is 0.229 e. The number of anilines is 1. The highest BCUT2D eigenvalue weighted by atomic mass is 127. The highest BCUT2D eigenvalue weighted by Crippen LogP contribution is 2.17. The quantitative estimate of drug-likeness (QED) is 0.275. The summed E-state index contributed by atoms with van der Waals surface area (Å²) in [6, 6.07) is 6.32. The molecule has 3 heterocycles. The molecule has 0 radical (unpaired) electrons. The molecule has 2 saturated heterocycles. The number of nitrogens with one attached hydrogen (secondary N) is 2. The number of guanidine groups is 1. The summed E-state index contributed by atoms with van der Waals surface area (Å²) in [5.41, 5.74) is 0. The highest BCUT2D eigenvalue weighted by molar-refractivity contribution is 14.0. The Bertz CT molecular complexity index is 660. The number of halogens is 1. The largest absolute Gasteiger partial charge is 0.356 e. The molecular weight excluding hydrogens is 471 g/mol. The normalized spacial score (nSPS) is 18.7. The van der Waals surface area contributed by atoms with Gasteiger partial charge >= 0.3 is 0 Å². The van der Waals surface area contributed by atoms with E-state index >= 15 is 0 Å². The topological polar surface area (TPSA) is 89.9 Å². The first-order valence-electron chi connectivity index (χ1n) is 9.63. The molecule has 0 bridgehead atoms. The van der Waals surface area contributed by atoms with Crippen molar-refractivity contribution in [1.29, 1.82) is 0 Å². The Morgan fingerprint density at radius 3 is 2.54 bits per heavy atom. The summed E-state index contributed by atoms with van der Waals surface area (Å²) in [5, 5.41) is 6.66. The van der Waals surface area contributed by atoms with Crippen LogP contribution in [0, 0.1) is 0 Å². The third-order valence-electron chi connectivity index (χ3n) is 5.04. The second kappa shape index (κ2) is 11.2. The van der Waals surface area contributed by atoms with E-state index in [2.05, 4.69) is 25.5 Å². The van der Waals surface area contributed by atoms with Gasteiger partial charge in [-0.05, 0) is 31.4 Å². The number of rotatable bonds is 5. The lowest BCUT2D eigenvalue weighted by molar-refractivity contribution is -0.147. The Morgan fingerprint density at radius 2 is 1.93 bits per heavy atom. The molecule has 2 N–H and O–H groups in total. The number of piperidine rings is 2. The van der Waals surface area contributed by atoms with Crippen molar-refractivity contribution < 1.29 is 9.59 Å². The molecule has 8 nitrogen and oxygen atoms in total. The minimum absolute atomic E-state index is 0. The molecule has 0 saturated carbocycles. The van der Waals surface area contributed by atoms with E-state index < -0.39 is 0 Å². The van der Waals surface area contributed by atoms with Gasteiger partial charge < -0.3 is 15.5 Å². The minimum Gasteiger partial charge on any atom is -0.356 e. The number of carbonyl (C=O) groups is 2. The van der Waals surface area contributed by atoms with Gasteiger partial charge in [-0.15, -0.1) is 24.0 Å². The van der Waals surface area contributed by atoms with Gasteiger partial charge in [0.15, 0.2) is 5.96 Å². The third kappa shape index (κ3) is 6.05. The van der Waals surface area contributed by atoms with Gasteiger partial charge in [-0.1, -0.05) is 6.07 Å². The van der Waals surface area contributed by atoms with Crippen LogP contribution in [0.15, 0.2) is 29.4 Å². The van der Waals surface area contributed by atoms with Gasteiger partial charge in [0, 0.05) is 58.3 Å². The van der Waals surface area contributed by atoms with Gasteiger partial charge in [-0.25, -0.2) is 4.98 Å². The van der Waals surface area contributed by atoms with Crippen molar-refractivity contribution in [1.82, 2.24) is 20.5 Å². The maximum absolute atomic E-state index is 11.8. The third-order valence-corrected chi connectivity index (χ3v) is 5.04. The molecule has 154 valence electrons. The second-order valence-electron chi connectivity index (χ2n) is 6.89. The van der Waals surface area contributed by atoms with Crippen LogP contribution in [0.1, 0.15) is 32.1 Å². The van der Waals surface area contributed by atoms with E-state index in [-0.39, 0.29) is 35.8 Å². The van der Waals surface area contributed by atoms with Crippen LogP contribution in [-0.4, -0.2) is 66.9 Å². The van der Waals surface area contributed by atoms with Crippen molar-refractivity contribution in [2.24, 2.45) is 4.99 Å². The number of aliphatic imine (C=N–C) groups is 1. The molecule has 2 aliphatic heterocycles. The van der Waals surface area contributed by atoms with Crippen LogP contribution in [0.5, 0.6) is 0 Å². The maximum Gasteiger partial charge on any atom is 0.229 e. The van der Waals surface area contributed by atoms with Gasteiger partial charge in [0.05, 0.1) is 0 Å². The number of hydrogen-bond acceptors (Lipinski definition) is 5. The summed E-state index contributed by atoms with van der Waals surface area (Å²) in [6.07, 6.45) is 5.42. The summed E-state index contributed by atoms with van der Waals surface area (Å²) in [7, 11) is 1.73. The summed E-state index contributed by atoms with van der Waals surface area (Å²) < 4.78 is 0. The fraction of sp³-hybridized carbons (Fsp3) is 0.579. The van der Waals surface area contributed by atoms with Crippen LogP contribution in [0.2, 0.25) is 0 Å². The zero-order valence-corrected chi connectivity index (χ0v) is 18.6. The monoisotopic (exact) mass is 500 g/mol. The highest BCUT2D eigenvalue weighted by Gasteiger charge is 2.25. The maximum atomic E-state index is 11.8. The van der Waals surface area contributed by atoms with Gasteiger partial charge in [-0.3, -0.25) is 19.5 Å². The van der Waals surface area contributed by atoms with E-state index in [0.717, 1.165) is 31.7 Å². The molecule has 3 rings (SSSR count). The molecule has 28 heavy (non-hydrogen) atoms. The Morgan fingerprint density at radius 1 is 1.21 bits per heavy atom. The molecule has 9 heteroatoms. The lowest BCUT2D eigenvalue weighted by Gasteiger charge is -2.34. The van der Waals surface area contributed by atoms with E-state index in [9.17, 15) is 9.59 Å². The van der Waals surface area contributed by atoms with Crippen LogP contribution in [0.3, 0.4) is 0 Å². The van der Waals surface area contributed by atoms with Crippen LogP contribution in [0.4, 0.5) is 5.82 Å². The van der Waals surface area contributed by atoms with Crippen molar-refractivity contribution in [3.05, 3.63) is 24.4 Å². The molecule has 2 aliphatic rings. The Kier molecular flexibility index (Phi) is 8.94. The number of carbonyl (C=O) groups excluding carboxylic acids is 2. The number of hydrogen-bond donors (Lipinski definition) is 2. The van der Waals surface area contributed by atoms with Crippen molar-refractivity contribution in [2.75, 3.05) is 38.1 Å². The van der Waals surface area contributed by atoms with E-state index in [1.54, 1.807) is 7.05 Å². The number of imide groups is 1. The van der Waals surface area contributed by atoms with Gasteiger partial charge in [-0.2, -0.15) is 0 Å². The molecule has 1 aromatic rings. The number of likely N-dealkylation sites (tertiary alicyclic amines) is 1. The first kappa shape index (κ1) is 22.4. The van der Waals surface area contributed by atoms with E-state index in [1.165, 1.54) is 4.90 Å². The summed E-state index contributed by atoms with van der Waals surface area (Å²) in [6.45, 7) is 2.78. The molecule has 2 amide bonds. The predicted octanol–water partition coefficient (Wildman–Crippen LogP) is 1.37. The second-order valence-corrected chi connectivity index (χ2v) is 6.89. The van der Waals surface area contributed by atoms with Crippen molar-refractivity contribution in [3.63, 3.8) is 0 Å². The lowest BCUT2D eigenvalue weighted by atomic mass is 10.1. The number of aromatic nitrogens is 1. The first-order valence-corrected chi connectivity index (χ1v) is 9.63. The lowest BCUT2D eigenvalue weighted by Crippen LogP contribution is -2.51. The Hall–Kier alpha value is -1.91. The van der Waals surface area contributed by atoms with E-state index in [1.807, 2.05) is 24.4 Å². The van der Waals surface area contributed by atoms with Crippen LogP contribution < -0.4 is 15.5 Å². The standard InChI is InChI=1S/C19H28N6O2.HI/c1-20-19(22-11-14-25-17(26)6-4-7-18(25)27)23-15-8-12-24(13-9-15)16-5-2-3-10-21-16;/h2-3,5,10,15H,4,6-9,11-14H2,1H3,(H2,20,22,23);1H. The fourth-order valence-corrected chi connectivity index (χ4v) is 3.52. The average molecular weight is 500 g/mol. The zero-order valence-electron chi connectivity index (χ0n) is 16.3. The molecule has 0 aromatic carbocycles. The van der Waals surface area contributed by atoms with Crippen LogP contribution in [-0.2, 0) is 9.59 Å². The minimum atomic E-state index is -0.0714. The van der Waals surface area contributed by atoms with Crippen molar-refractivity contribution in [2.45, 2.75) is 38.1 Å². The van der Waals surface area contributed by atoms with Gasteiger partial charge in [0.25, 0.3) is 0 Å². The molecule has 0 aliphatic carbocycles. The summed E-state index contributed by atoms with van der Waals surface area (Å²) in [5.74, 6) is 1.59. The van der Waals surface area contributed by atoms with E-state index in [0.29, 0.717) is 44.4 Å². The number of amides is 2. The molecular formula is C19H29IN6O2. The van der Waals surface area contributed by atoms with Gasteiger partial charge in [0.1, 0.15) is 5.82 Å². The van der Waals surface area contributed by atoms with Crippen LogP contribution in [0.25, 0.3) is 0 Å². The Balaban J connectivity index is 0.00000280.